The number of rotatable bonds is 3. The van der Waals surface area contributed by atoms with Crippen molar-refractivity contribution in [3.05, 3.63) is 5.82 Å². The summed E-state index contributed by atoms with van der Waals surface area (Å²) in [6.45, 7) is 2.41. The Morgan fingerprint density at radius 1 is 1.61 bits per heavy atom. The molecule has 18 heavy (non-hydrogen) atoms. The Labute approximate surface area is 103 Å². The molecule has 0 bridgehead atoms. The first-order valence-electron chi connectivity index (χ1n) is 5.59. The highest BCUT2D eigenvalue weighted by molar-refractivity contribution is 5.77. The number of likely N-dealkylation sites (tertiary alicyclic amines) is 1. The average molecular weight is 254 g/mol. The summed E-state index contributed by atoms with van der Waals surface area (Å²) >= 11 is 0. The number of aliphatic carboxylic acids is 1. The molecule has 2 unspecified atom stereocenters. The molecule has 0 aliphatic carbocycles. The van der Waals surface area contributed by atoms with Crippen LogP contribution in [0.15, 0.2) is 0 Å². The number of carboxylic acids is 1. The van der Waals surface area contributed by atoms with Gasteiger partial charge in [-0.1, -0.05) is 5.21 Å². The SMILES string of the molecule is CC(NC(=O)N1CCC(C(=O)O)C1)c1nn[nH]n1. The van der Waals surface area contributed by atoms with E-state index in [4.69, 9.17) is 5.11 Å². The molecule has 0 aromatic carbocycles. The van der Waals surface area contributed by atoms with E-state index in [1.54, 1.807) is 6.92 Å². The van der Waals surface area contributed by atoms with Crippen molar-refractivity contribution in [2.75, 3.05) is 13.1 Å². The summed E-state index contributed by atoms with van der Waals surface area (Å²) < 4.78 is 0. The zero-order chi connectivity index (χ0) is 13.1. The summed E-state index contributed by atoms with van der Waals surface area (Å²) in [6.07, 6.45) is 0.485. The van der Waals surface area contributed by atoms with Crippen molar-refractivity contribution in [2.45, 2.75) is 19.4 Å². The van der Waals surface area contributed by atoms with Gasteiger partial charge in [0.1, 0.15) is 0 Å². The molecule has 1 aromatic heterocycles. The van der Waals surface area contributed by atoms with Crippen molar-refractivity contribution in [1.82, 2.24) is 30.8 Å². The number of hydrogen-bond acceptors (Lipinski definition) is 5. The lowest BCUT2D eigenvalue weighted by molar-refractivity contribution is -0.141. The number of nitrogens with one attached hydrogen (secondary N) is 2. The molecule has 2 amide bonds. The lowest BCUT2D eigenvalue weighted by Gasteiger charge is -2.18. The van der Waals surface area contributed by atoms with Gasteiger partial charge in [-0.2, -0.15) is 5.21 Å². The van der Waals surface area contributed by atoms with E-state index in [0.29, 0.717) is 18.8 Å². The third-order valence-electron chi connectivity index (χ3n) is 2.91. The van der Waals surface area contributed by atoms with Crippen LogP contribution in [-0.4, -0.2) is 55.7 Å². The minimum atomic E-state index is -0.864. The highest BCUT2D eigenvalue weighted by atomic mass is 16.4. The highest BCUT2D eigenvalue weighted by Gasteiger charge is 2.31. The normalized spacial score (nSPS) is 20.7. The van der Waals surface area contributed by atoms with Gasteiger partial charge < -0.3 is 15.3 Å². The van der Waals surface area contributed by atoms with Crippen LogP contribution in [0.3, 0.4) is 0 Å². The van der Waals surface area contributed by atoms with Crippen molar-refractivity contribution in [1.29, 1.82) is 0 Å². The van der Waals surface area contributed by atoms with E-state index in [2.05, 4.69) is 25.9 Å². The number of hydrogen-bond donors (Lipinski definition) is 3. The molecular formula is C9H14N6O3. The first kappa shape index (κ1) is 12.3. The first-order valence-corrected chi connectivity index (χ1v) is 5.59. The minimum absolute atomic E-state index is 0.236. The number of H-pyrrole nitrogens is 1. The average Bonchev–Trinajstić information content (AvgIpc) is 3.00. The van der Waals surface area contributed by atoms with Crippen LogP contribution in [-0.2, 0) is 4.79 Å². The number of aromatic amines is 1. The molecule has 1 aromatic rings. The zero-order valence-corrected chi connectivity index (χ0v) is 9.83. The van der Waals surface area contributed by atoms with E-state index in [1.807, 2.05) is 0 Å². The maximum Gasteiger partial charge on any atom is 0.318 e. The Morgan fingerprint density at radius 2 is 2.39 bits per heavy atom. The Bertz CT molecular complexity index is 434. The summed E-state index contributed by atoms with van der Waals surface area (Å²) in [7, 11) is 0. The second-order valence-electron chi connectivity index (χ2n) is 4.21. The largest absolute Gasteiger partial charge is 0.481 e. The molecular weight excluding hydrogens is 240 g/mol. The van der Waals surface area contributed by atoms with Crippen LogP contribution in [0.4, 0.5) is 4.79 Å². The molecule has 2 heterocycles. The molecule has 9 heteroatoms. The number of amides is 2. The van der Waals surface area contributed by atoms with Gasteiger partial charge in [0.15, 0.2) is 5.82 Å². The molecule has 1 aliphatic heterocycles. The molecule has 9 nitrogen and oxygen atoms in total. The number of urea groups is 1. The molecule has 1 aliphatic rings. The predicted molar refractivity (Wildman–Crippen MR) is 58.4 cm³/mol. The van der Waals surface area contributed by atoms with Crippen LogP contribution < -0.4 is 5.32 Å². The second kappa shape index (κ2) is 4.98. The number of tetrazole rings is 1. The van der Waals surface area contributed by atoms with Crippen molar-refractivity contribution in [3.8, 4) is 0 Å². The quantitative estimate of drug-likeness (QED) is 0.660. The molecule has 3 N–H and O–H groups in total. The van der Waals surface area contributed by atoms with Gasteiger partial charge in [-0.25, -0.2) is 4.79 Å². The monoisotopic (exact) mass is 254 g/mol. The maximum atomic E-state index is 11.9. The van der Waals surface area contributed by atoms with E-state index in [0.717, 1.165) is 0 Å². The molecule has 2 rings (SSSR count). The van der Waals surface area contributed by atoms with Crippen molar-refractivity contribution in [3.63, 3.8) is 0 Å². The van der Waals surface area contributed by atoms with E-state index >= 15 is 0 Å². The summed E-state index contributed by atoms with van der Waals surface area (Å²) in [6, 6.07) is -0.684. The van der Waals surface area contributed by atoms with E-state index in [-0.39, 0.29) is 18.6 Å². The van der Waals surface area contributed by atoms with Crippen LogP contribution in [0.25, 0.3) is 0 Å². The zero-order valence-electron chi connectivity index (χ0n) is 9.83. The lowest BCUT2D eigenvalue weighted by atomic mass is 10.1. The fraction of sp³-hybridized carbons (Fsp3) is 0.667. The van der Waals surface area contributed by atoms with Crippen molar-refractivity contribution < 1.29 is 14.7 Å². The molecule has 1 fully saturated rings. The predicted octanol–water partition coefficient (Wildman–Crippen LogP) is -0.623. The van der Waals surface area contributed by atoms with Crippen LogP contribution >= 0.6 is 0 Å². The standard InChI is InChI=1S/C9H14N6O3/c1-5(7-11-13-14-12-7)10-9(18)15-3-2-6(4-15)8(16)17/h5-6H,2-4H2,1H3,(H,10,18)(H,16,17)(H,11,12,13,14). The Hall–Kier alpha value is -2.19. The Balaban J connectivity index is 1.87. The van der Waals surface area contributed by atoms with Crippen LogP contribution in [0.5, 0.6) is 0 Å². The molecule has 2 atom stereocenters. The summed E-state index contributed by atoms with van der Waals surface area (Å²) in [4.78, 5) is 24.1. The molecule has 0 spiro atoms. The topological polar surface area (TPSA) is 124 Å². The molecule has 0 radical (unpaired) electrons. The number of carboxylic acid groups (broad SMARTS) is 1. The number of nitrogens with zero attached hydrogens (tertiary/aromatic N) is 4. The van der Waals surface area contributed by atoms with Crippen molar-refractivity contribution >= 4 is 12.0 Å². The lowest BCUT2D eigenvalue weighted by Crippen LogP contribution is -2.40. The smallest absolute Gasteiger partial charge is 0.318 e. The number of carbonyl (C=O) groups excluding carboxylic acids is 1. The Morgan fingerprint density at radius 3 is 2.94 bits per heavy atom. The molecule has 98 valence electrons. The summed E-state index contributed by atoms with van der Waals surface area (Å²) in [5.74, 6) is -0.954. The van der Waals surface area contributed by atoms with Crippen LogP contribution in [0.1, 0.15) is 25.2 Å². The Kier molecular flexibility index (Phi) is 3.40. The fourth-order valence-corrected chi connectivity index (χ4v) is 1.84. The minimum Gasteiger partial charge on any atom is -0.481 e. The van der Waals surface area contributed by atoms with Gasteiger partial charge in [0.25, 0.3) is 0 Å². The van der Waals surface area contributed by atoms with Crippen molar-refractivity contribution in [2.24, 2.45) is 5.92 Å². The maximum absolute atomic E-state index is 11.9. The van der Waals surface area contributed by atoms with Crippen LogP contribution in [0.2, 0.25) is 0 Å². The first-order chi connectivity index (χ1) is 8.58. The van der Waals surface area contributed by atoms with E-state index < -0.39 is 11.9 Å². The molecule has 1 saturated heterocycles. The van der Waals surface area contributed by atoms with Gasteiger partial charge in [0.05, 0.1) is 12.0 Å². The summed E-state index contributed by atoms with van der Waals surface area (Å²) in [5, 5.41) is 24.8. The van der Waals surface area contributed by atoms with Gasteiger partial charge in [-0.15, -0.1) is 10.2 Å². The molecule has 0 saturated carbocycles. The van der Waals surface area contributed by atoms with Gasteiger partial charge >= 0.3 is 12.0 Å². The van der Waals surface area contributed by atoms with Gasteiger partial charge in [-0.3, -0.25) is 4.79 Å². The fourth-order valence-electron chi connectivity index (χ4n) is 1.84. The number of carbonyl (C=O) groups is 2. The van der Waals surface area contributed by atoms with Gasteiger partial charge in [-0.05, 0) is 13.3 Å². The second-order valence-corrected chi connectivity index (χ2v) is 4.21. The third-order valence-corrected chi connectivity index (χ3v) is 2.91. The third kappa shape index (κ3) is 2.55. The van der Waals surface area contributed by atoms with Crippen LogP contribution in [0, 0.1) is 5.92 Å². The summed E-state index contributed by atoms with van der Waals surface area (Å²) in [5.41, 5.74) is 0. The van der Waals surface area contributed by atoms with E-state index in [9.17, 15) is 9.59 Å². The highest BCUT2D eigenvalue weighted by Crippen LogP contribution is 2.17. The van der Waals surface area contributed by atoms with E-state index in [1.165, 1.54) is 4.90 Å². The van der Waals surface area contributed by atoms with Gasteiger partial charge in [0.2, 0.25) is 0 Å². The van der Waals surface area contributed by atoms with Gasteiger partial charge in [0, 0.05) is 13.1 Å². The number of aromatic nitrogens is 4.